The van der Waals surface area contributed by atoms with Crippen LogP contribution in [-0.4, -0.2) is 18.2 Å². The fourth-order valence-electron chi connectivity index (χ4n) is 2.32. The third-order valence-electron chi connectivity index (χ3n) is 3.36. The summed E-state index contributed by atoms with van der Waals surface area (Å²) in [6.07, 6.45) is 0.406. The maximum Gasteiger partial charge on any atom is 0.408 e. The molecule has 1 aromatic carbocycles. The third-order valence-corrected chi connectivity index (χ3v) is 3.36. The lowest BCUT2D eigenvalue weighted by atomic mass is 9.78. The van der Waals surface area contributed by atoms with E-state index in [1.807, 2.05) is 51.1 Å². The van der Waals surface area contributed by atoms with Crippen molar-refractivity contribution in [1.82, 2.24) is 5.32 Å². The van der Waals surface area contributed by atoms with Gasteiger partial charge in [0.15, 0.2) is 0 Å². The van der Waals surface area contributed by atoms with Gasteiger partial charge in [-0.25, -0.2) is 4.79 Å². The van der Waals surface area contributed by atoms with Gasteiger partial charge < -0.3 is 15.8 Å². The van der Waals surface area contributed by atoms with Crippen LogP contribution in [0.4, 0.5) is 4.79 Å². The molecule has 0 aliphatic heterocycles. The number of amides is 1. The monoisotopic (exact) mass is 292 g/mol. The van der Waals surface area contributed by atoms with E-state index >= 15 is 0 Å². The highest BCUT2D eigenvalue weighted by atomic mass is 16.6. The van der Waals surface area contributed by atoms with E-state index in [1.165, 1.54) is 0 Å². The smallest absolute Gasteiger partial charge is 0.408 e. The first kappa shape index (κ1) is 17.5. The first-order valence-corrected chi connectivity index (χ1v) is 7.40. The van der Waals surface area contributed by atoms with E-state index in [1.54, 1.807) is 0 Å². The molecule has 0 aliphatic rings. The number of benzene rings is 1. The van der Waals surface area contributed by atoms with Gasteiger partial charge in [0.1, 0.15) is 5.60 Å². The van der Waals surface area contributed by atoms with E-state index in [0.717, 1.165) is 12.0 Å². The van der Waals surface area contributed by atoms with E-state index < -0.39 is 11.7 Å². The minimum Gasteiger partial charge on any atom is -0.444 e. The molecule has 21 heavy (non-hydrogen) atoms. The van der Waals surface area contributed by atoms with Crippen LogP contribution in [-0.2, 0) is 4.74 Å². The zero-order chi connectivity index (χ0) is 16.1. The van der Waals surface area contributed by atoms with Gasteiger partial charge in [-0.15, -0.1) is 0 Å². The van der Waals surface area contributed by atoms with Crippen LogP contribution in [0.25, 0.3) is 0 Å². The summed E-state index contributed by atoms with van der Waals surface area (Å²) in [5.74, 6) is 0. The summed E-state index contributed by atoms with van der Waals surface area (Å²) in [5, 5.41) is 3.00. The average Bonchev–Trinajstić information content (AvgIpc) is 2.34. The summed E-state index contributed by atoms with van der Waals surface area (Å²) < 4.78 is 5.38. The van der Waals surface area contributed by atoms with Crippen molar-refractivity contribution < 1.29 is 9.53 Å². The van der Waals surface area contributed by atoms with Crippen LogP contribution in [0.3, 0.4) is 0 Å². The maximum absolute atomic E-state index is 12.1. The summed E-state index contributed by atoms with van der Waals surface area (Å²) in [5.41, 5.74) is 6.11. The largest absolute Gasteiger partial charge is 0.444 e. The van der Waals surface area contributed by atoms with Crippen LogP contribution in [0.2, 0.25) is 0 Å². The molecule has 1 rings (SSSR count). The van der Waals surface area contributed by atoms with Gasteiger partial charge in [-0.05, 0) is 44.7 Å². The van der Waals surface area contributed by atoms with E-state index in [4.69, 9.17) is 10.5 Å². The molecule has 1 amide bonds. The van der Waals surface area contributed by atoms with Gasteiger partial charge in [-0.1, -0.05) is 44.2 Å². The average molecular weight is 292 g/mol. The Morgan fingerprint density at radius 2 is 1.76 bits per heavy atom. The Bertz CT molecular complexity index is 450. The minimum absolute atomic E-state index is 0.142. The molecule has 0 heterocycles. The normalized spacial score (nSPS) is 13.6. The summed E-state index contributed by atoms with van der Waals surface area (Å²) in [6, 6.07) is 9.79. The molecule has 118 valence electrons. The highest BCUT2D eigenvalue weighted by molar-refractivity contribution is 5.68. The number of rotatable bonds is 5. The lowest BCUT2D eigenvalue weighted by Crippen LogP contribution is -2.41. The van der Waals surface area contributed by atoms with Gasteiger partial charge in [0.05, 0.1) is 6.04 Å². The van der Waals surface area contributed by atoms with Crippen LogP contribution >= 0.6 is 0 Å². The molecule has 4 heteroatoms. The molecule has 0 saturated heterocycles. The second kappa shape index (κ2) is 6.94. The summed E-state index contributed by atoms with van der Waals surface area (Å²) in [4.78, 5) is 12.1. The van der Waals surface area contributed by atoms with Crippen LogP contribution in [0.1, 0.15) is 52.6 Å². The standard InChI is InChI=1S/C17H28N2O2/c1-16(2,3)21-15(20)19-14(17(4,5)11-12-18)13-9-7-6-8-10-13/h6-10,14H,11-12,18H2,1-5H3,(H,19,20). The highest BCUT2D eigenvalue weighted by Crippen LogP contribution is 2.36. The Balaban J connectivity index is 2.96. The van der Waals surface area contributed by atoms with Crippen molar-refractivity contribution in [2.24, 2.45) is 11.1 Å². The summed E-state index contributed by atoms with van der Waals surface area (Å²) >= 11 is 0. The van der Waals surface area contributed by atoms with Crippen molar-refractivity contribution in [3.05, 3.63) is 35.9 Å². The van der Waals surface area contributed by atoms with Crippen molar-refractivity contribution in [1.29, 1.82) is 0 Å². The Labute approximate surface area is 128 Å². The second-order valence-electron chi connectivity index (χ2n) is 7.02. The van der Waals surface area contributed by atoms with E-state index in [2.05, 4.69) is 19.2 Å². The van der Waals surface area contributed by atoms with Gasteiger partial charge in [-0.2, -0.15) is 0 Å². The lowest BCUT2D eigenvalue weighted by Gasteiger charge is -2.35. The first-order valence-electron chi connectivity index (χ1n) is 7.40. The molecule has 0 aliphatic carbocycles. The topological polar surface area (TPSA) is 64.3 Å². The molecule has 1 unspecified atom stereocenters. The summed E-state index contributed by atoms with van der Waals surface area (Å²) in [6.45, 7) is 10.4. The molecule has 0 saturated carbocycles. The minimum atomic E-state index is -0.511. The lowest BCUT2D eigenvalue weighted by molar-refractivity contribution is 0.0451. The van der Waals surface area contributed by atoms with Crippen LogP contribution in [0, 0.1) is 5.41 Å². The Morgan fingerprint density at radius 3 is 2.24 bits per heavy atom. The van der Waals surface area contributed by atoms with Crippen molar-refractivity contribution >= 4 is 6.09 Å². The Kier molecular flexibility index (Phi) is 5.78. The zero-order valence-electron chi connectivity index (χ0n) is 13.8. The van der Waals surface area contributed by atoms with Crippen LogP contribution in [0.5, 0.6) is 0 Å². The number of nitrogens with two attached hydrogens (primary N) is 1. The molecule has 0 aromatic heterocycles. The Hall–Kier alpha value is -1.55. The molecule has 0 bridgehead atoms. The van der Waals surface area contributed by atoms with Gasteiger partial charge in [0.25, 0.3) is 0 Å². The molecule has 3 N–H and O–H groups in total. The Morgan fingerprint density at radius 1 is 1.19 bits per heavy atom. The number of carbonyl (C=O) groups is 1. The molecule has 0 fully saturated rings. The number of ether oxygens (including phenoxy) is 1. The SMILES string of the molecule is CC(C)(C)OC(=O)NC(c1ccccc1)C(C)(C)CCN. The maximum atomic E-state index is 12.1. The summed E-state index contributed by atoms with van der Waals surface area (Å²) in [7, 11) is 0. The molecule has 0 radical (unpaired) electrons. The van der Waals surface area contributed by atoms with Crippen LogP contribution < -0.4 is 11.1 Å². The van der Waals surface area contributed by atoms with Crippen molar-refractivity contribution in [3.8, 4) is 0 Å². The van der Waals surface area contributed by atoms with Gasteiger partial charge in [0.2, 0.25) is 0 Å². The first-order chi connectivity index (χ1) is 9.65. The van der Waals surface area contributed by atoms with Crippen molar-refractivity contribution in [3.63, 3.8) is 0 Å². The van der Waals surface area contributed by atoms with Crippen LogP contribution in [0.15, 0.2) is 30.3 Å². The fourth-order valence-corrected chi connectivity index (χ4v) is 2.32. The van der Waals surface area contributed by atoms with Gasteiger partial charge in [0, 0.05) is 0 Å². The second-order valence-corrected chi connectivity index (χ2v) is 7.02. The fraction of sp³-hybridized carbons (Fsp3) is 0.588. The van der Waals surface area contributed by atoms with E-state index in [9.17, 15) is 4.79 Å². The van der Waals surface area contributed by atoms with E-state index in [-0.39, 0.29) is 11.5 Å². The quantitative estimate of drug-likeness (QED) is 0.871. The molecular weight excluding hydrogens is 264 g/mol. The number of carbonyl (C=O) groups excluding carboxylic acids is 1. The number of hydrogen-bond donors (Lipinski definition) is 2. The third kappa shape index (κ3) is 5.76. The van der Waals surface area contributed by atoms with E-state index in [0.29, 0.717) is 6.54 Å². The van der Waals surface area contributed by atoms with Gasteiger partial charge >= 0.3 is 6.09 Å². The highest BCUT2D eigenvalue weighted by Gasteiger charge is 2.32. The molecule has 1 atom stereocenters. The molecular formula is C17H28N2O2. The number of nitrogens with one attached hydrogen (secondary N) is 1. The zero-order valence-corrected chi connectivity index (χ0v) is 13.8. The molecule has 4 nitrogen and oxygen atoms in total. The molecule has 1 aromatic rings. The predicted octanol–water partition coefficient (Wildman–Crippen LogP) is 3.63. The molecule has 0 spiro atoms. The number of alkyl carbamates (subject to hydrolysis) is 1. The van der Waals surface area contributed by atoms with Gasteiger partial charge in [-0.3, -0.25) is 0 Å². The predicted molar refractivity (Wildman–Crippen MR) is 86.0 cm³/mol. The van der Waals surface area contributed by atoms with Crippen molar-refractivity contribution in [2.75, 3.05) is 6.54 Å². The number of hydrogen-bond acceptors (Lipinski definition) is 3. The van der Waals surface area contributed by atoms with Crippen molar-refractivity contribution in [2.45, 2.75) is 52.7 Å².